The van der Waals surface area contributed by atoms with Gasteiger partial charge < -0.3 is 15.0 Å². The number of rotatable bonds is 4. The van der Waals surface area contributed by atoms with Gasteiger partial charge in [-0.05, 0) is 30.3 Å². The van der Waals surface area contributed by atoms with E-state index in [-0.39, 0.29) is 5.82 Å². The molecule has 0 aliphatic carbocycles. The summed E-state index contributed by atoms with van der Waals surface area (Å²) in [7, 11) is 1.95. The van der Waals surface area contributed by atoms with Crippen molar-refractivity contribution < 1.29 is 9.13 Å². The van der Waals surface area contributed by atoms with Crippen LogP contribution in [0.5, 0.6) is 5.75 Å². The summed E-state index contributed by atoms with van der Waals surface area (Å²) in [6.45, 7) is 0.965. The van der Waals surface area contributed by atoms with Crippen LogP contribution < -0.4 is 10.5 Å². The highest BCUT2D eigenvalue weighted by molar-refractivity contribution is 5.23. The third-order valence-electron chi connectivity index (χ3n) is 2.59. The number of ether oxygens (including phenoxy) is 1. The van der Waals surface area contributed by atoms with E-state index in [9.17, 15) is 4.39 Å². The van der Waals surface area contributed by atoms with Gasteiger partial charge in [-0.3, -0.25) is 0 Å². The minimum atomic E-state index is -0.262. The molecule has 3 nitrogen and oxygen atoms in total. The molecule has 2 N–H and O–H groups in total. The van der Waals surface area contributed by atoms with Gasteiger partial charge in [-0.25, -0.2) is 4.39 Å². The Labute approximate surface area is 99.6 Å². The summed E-state index contributed by atoms with van der Waals surface area (Å²) in [5, 5.41) is 0. The van der Waals surface area contributed by atoms with E-state index in [2.05, 4.69) is 0 Å². The quantitative estimate of drug-likeness (QED) is 0.881. The zero-order valence-electron chi connectivity index (χ0n) is 9.69. The molecule has 2 aromatic rings. The van der Waals surface area contributed by atoms with Gasteiger partial charge in [0, 0.05) is 31.0 Å². The van der Waals surface area contributed by atoms with Crippen molar-refractivity contribution in [3.63, 3.8) is 0 Å². The van der Waals surface area contributed by atoms with Crippen LogP contribution in [0.15, 0.2) is 36.5 Å². The van der Waals surface area contributed by atoms with E-state index in [1.165, 1.54) is 12.1 Å². The molecule has 0 atom stereocenters. The number of aryl methyl sites for hydroxylation is 1. The second-order valence-electron chi connectivity index (χ2n) is 3.90. The Morgan fingerprint density at radius 3 is 2.59 bits per heavy atom. The lowest BCUT2D eigenvalue weighted by atomic mass is 10.3. The summed E-state index contributed by atoms with van der Waals surface area (Å²) in [4.78, 5) is 0. The predicted molar refractivity (Wildman–Crippen MR) is 64.0 cm³/mol. The van der Waals surface area contributed by atoms with Crippen LogP contribution in [0.4, 0.5) is 4.39 Å². The molecule has 17 heavy (non-hydrogen) atoms. The Hall–Kier alpha value is -1.81. The molecular formula is C13H15FN2O. The molecule has 1 aromatic heterocycles. The van der Waals surface area contributed by atoms with E-state index in [1.807, 2.05) is 23.9 Å². The summed E-state index contributed by atoms with van der Waals surface area (Å²) in [6, 6.07) is 7.99. The molecule has 1 aromatic carbocycles. The van der Waals surface area contributed by atoms with Gasteiger partial charge in [0.05, 0.1) is 0 Å². The topological polar surface area (TPSA) is 40.2 Å². The second kappa shape index (κ2) is 5.01. The monoisotopic (exact) mass is 234 g/mol. The number of aromatic nitrogens is 1. The van der Waals surface area contributed by atoms with Crippen molar-refractivity contribution in [3.05, 3.63) is 53.6 Å². The van der Waals surface area contributed by atoms with Gasteiger partial charge >= 0.3 is 0 Å². The van der Waals surface area contributed by atoms with E-state index in [0.717, 1.165) is 11.3 Å². The van der Waals surface area contributed by atoms with Crippen molar-refractivity contribution in [2.45, 2.75) is 13.2 Å². The standard InChI is InChI=1S/C13H15FN2O/c1-16-8-10(6-12(16)7-15)9-17-13-4-2-11(14)3-5-13/h2-6,8H,7,9,15H2,1H3. The Kier molecular flexibility index (Phi) is 3.44. The molecule has 0 aliphatic heterocycles. The van der Waals surface area contributed by atoms with Crippen molar-refractivity contribution in [3.8, 4) is 5.75 Å². The Balaban J connectivity index is 1.99. The third-order valence-corrected chi connectivity index (χ3v) is 2.59. The maximum absolute atomic E-state index is 12.7. The van der Waals surface area contributed by atoms with Gasteiger partial charge in [0.2, 0.25) is 0 Å². The summed E-state index contributed by atoms with van der Waals surface area (Å²) in [5.74, 6) is 0.395. The molecule has 1 heterocycles. The molecule has 90 valence electrons. The minimum Gasteiger partial charge on any atom is -0.489 e. The summed E-state index contributed by atoms with van der Waals surface area (Å²) < 4.78 is 20.2. The van der Waals surface area contributed by atoms with Crippen LogP contribution in [0.1, 0.15) is 11.3 Å². The van der Waals surface area contributed by atoms with Crippen LogP contribution in [0.25, 0.3) is 0 Å². The lowest BCUT2D eigenvalue weighted by molar-refractivity contribution is 0.305. The van der Waals surface area contributed by atoms with Crippen molar-refractivity contribution in [2.75, 3.05) is 0 Å². The summed E-state index contributed by atoms with van der Waals surface area (Å²) >= 11 is 0. The first-order valence-electron chi connectivity index (χ1n) is 5.41. The molecule has 0 unspecified atom stereocenters. The smallest absolute Gasteiger partial charge is 0.123 e. The average molecular weight is 234 g/mol. The first kappa shape index (κ1) is 11.7. The van der Waals surface area contributed by atoms with E-state index in [1.54, 1.807) is 12.1 Å². The fraction of sp³-hybridized carbons (Fsp3) is 0.231. The summed E-state index contributed by atoms with van der Waals surface area (Å²) in [5.41, 5.74) is 7.70. The minimum absolute atomic E-state index is 0.262. The first-order valence-corrected chi connectivity index (χ1v) is 5.41. The molecule has 0 fully saturated rings. The molecule has 0 saturated carbocycles. The zero-order chi connectivity index (χ0) is 12.3. The van der Waals surface area contributed by atoms with Crippen molar-refractivity contribution in [1.82, 2.24) is 4.57 Å². The van der Waals surface area contributed by atoms with Crippen LogP contribution in [0, 0.1) is 5.82 Å². The average Bonchev–Trinajstić information content (AvgIpc) is 2.69. The molecule has 0 aliphatic rings. The molecule has 4 heteroatoms. The number of hydrogen-bond acceptors (Lipinski definition) is 2. The molecule has 0 radical (unpaired) electrons. The van der Waals surface area contributed by atoms with E-state index < -0.39 is 0 Å². The number of hydrogen-bond donors (Lipinski definition) is 1. The van der Waals surface area contributed by atoms with E-state index in [4.69, 9.17) is 10.5 Å². The summed E-state index contributed by atoms with van der Waals surface area (Å²) in [6.07, 6.45) is 1.98. The fourth-order valence-electron chi connectivity index (χ4n) is 1.66. The number of halogens is 1. The second-order valence-corrected chi connectivity index (χ2v) is 3.90. The SMILES string of the molecule is Cn1cc(COc2ccc(F)cc2)cc1CN. The number of benzene rings is 1. The van der Waals surface area contributed by atoms with Crippen LogP contribution in [-0.4, -0.2) is 4.57 Å². The molecule has 0 spiro atoms. The fourth-order valence-corrected chi connectivity index (χ4v) is 1.66. The van der Waals surface area contributed by atoms with Gasteiger partial charge in [-0.15, -0.1) is 0 Å². The van der Waals surface area contributed by atoms with Gasteiger partial charge in [-0.2, -0.15) is 0 Å². The first-order chi connectivity index (χ1) is 8.19. The van der Waals surface area contributed by atoms with Gasteiger partial charge in [-0.1, -0.05) is 0 Å². The maximum Gasteiger partial charge on any atom is 0.123 e. The number of nitrogens with zero attached hydrogens (tertiary/aromatic N) is 1. The van der Waals surface area contributed by atoms with Crippen LogP contribution in [0.2, 0.25) is 0 Å². The van der Waals surface area contributed by atoms with Crippen LogP contribution in [-0.2, 0) is 20.2 Å². The predicted octanol–water partition coefficient (Wildman–Crippen LogP) is 2.20. The van der Waals surface area contributed by atoms with Crippen molar-refractivity contribution in [2.24, 2.45) is 12.8 Å². The van der Waals surface area contributed by atoms with Gasteiger partial charge in [0.25, 0.3) is 0 Å². The number of nitrogens with two attached hydrogens (primary N) is 1. The Morgan fingerprint density at radius 2 is 2.00 bits per heavy atom. The normalized spacial score (nSPS) is 10.5. The van der Waals surface area contributed by atoms with Gasteiger partial charge in [0.15, 0.2) is 0 Å². The van der Waals surface area contributed by atoms with Crippen LogP contribution in [0.3, 0.4) is 0 Å². The largest absolute Gasteiger partial charge is 0.489 e. The molecule has 0 bridgehead atoms. The lowest BCUT2D eigenvalue weighted by Crippen LogP contribution is -2.01. The van der Waals surface area contributed by atoms with Crippen molar-refractivity contribution in [1.29, 1.82) is 0 Å². The Bertz CT molecular complexity index is 491. The lowest BCUT2D eigenvalue weighted by Gasteiger charge is -2.03. The third kappa shape index (κ3) is 2.85. The molecular weight excluding hydrogens is 219 g/mol. The highest BCUT2D eigenvalue weighted by atomic mass is 19.1. The zero-order valence-corrected chi connectivity index (χ0v) is 9.69. The van der Waals surface area contributed by atoms with Crippen molar-refractivity contribution >= 4 is 0 Å². The van der Waals surface area contributed by atoms with E-state index in [0.29, 0.717) is 18.9 Å². The highest BCUT2D eigenvalue weighted by Gasteiger charge is 2.02. The maximum atomic E-state index is 12.7. The van der Waals surface area contributed by atoms with Gasteiger partial charge in [0.1, 0.15) is 18.2 Å². The highest BCUT2D eigenvalue weighted by Crippen LogP contribution is 2.14. The molecule has 2 rings (SSSR count). The molecule has 0 saturated heterocycles. The molecule has 0 amide bonds. The van der Waals surface area contributed by atoms with E-state index >= 15 is 0 Å². The Morgan fingerprint density at radius 1 is 1.29 bits per heavy atom. The van der Waals surface area contributed by atoms with Crippen LogP contribution >= 0.6 is 0 Å².